The number of carbonyl (C=O) groups is 2. The molecule has 6 nitrogen and oxygen atoms in total. The van der Waals surface area contributed by atoms with E-state index in [1.165, 1.54) is 0 Å². The molecule has 1 spiro atoms. The van der Waals surface area contributed by atoms with Crippen molar-refractivity contribution in [2.45, 2.75) is 70.0 Å². The normalized spacial score (nSPS) is 30.4. The highest BCUT2D eigenvalue weighted by atomic mass is 16.7. The summed E-state index contributed by atoms with van der Waals surface area (Å²) in [5, 5.41) is 0. The number of benzene rings is 2. The third-order valence-corrected chi connectivity index (χ3v) is 8.72. The number of Topliss-reactive ketones (excluding diaryl/α,β-unsaturated/α-hetero) is 2. The van der Waals surface area contributed by atoms with Gasteiger partial charge < -0.3 is 18.9 Å². The summed E-state index contributed by atoms with van der Waals surface area (Å²) < 4.78 is 24.4. The van der Waals surface area contributed by atoms with Crippen LogP contribution >= 0.6 is 0 Å². The molecule has 0 saturated heterocycles. The number of ketones is 2. The number of rotatable bonds is 4. The molecule has 2 aromatic carbocycles. The summed E-state index contributed by atoms with van der Waals surface area (Å²) in [6.45, 7) is 4.19. The lowest BCUT2D eigenvalue weighted by Crippen LogP contribution is -2.48. The van der Waals surface area contributed by atoms with Crippen LogP contribution in [0.3, 0.4) is 0 Å². The SMILES string of the molecule is COc1ccc(C2CC3(CC(c4ccc(OC)cc4)C4=C(CC(C)CC4=O)O3)OC3=C2C(=O)CC(C)C3)cc1. The van der Waals surface area contributed by atoms with E-state index >= 15 is 0 Å². The van der Waals surface area contributed by atoms with Crippen molar-refractivity contribution >= 4 is 11.6 Å². The lowest BCUT2D eigenvalue weighted by Gasteiger charge is -2.50. The van der Waals surface area contributed by atoms with Gasteiger partial charge in [-0.05, 0) is 47.2 Å². The van der Waals surface area contributed by atoms with Crippen molar-refractivity contribution in [1.29, 1.82) is 0 Å². The topological polar surface area (TPSA) is 71.1 Å². The highest BCUT2D eigenvalue weighted by Crippen LogP contribution is 2.55. The monoisotopic (exact) mass is 528 g/mol. The van der Waals surface area contributed by atoms with Gasteiger partial charge in [-0.1, -0.05) is 38.1 Å². The van der Waals surface area contributed by atoms with E-state index in [1.807, 2.05) is 48.5 Å². The van der Waals surface area contributed by atoms with Crippen LogP contribution in [0.4, 0.5) is 0 Å². The van der Waals surface area contributed by atoms with Crippen LogP contribution in [0.5, 0.6) is 11.5 Å². The summed E-state index contributed by atoms with van der Waals surface area (Å²) in [5.41, 5.74) is 3.65. The van der Waals surface area contributed by atoms with Gasteiger partial charge in [0.05, 0.1) is 14.2 Å². The van der Waals surface area contributed by atoms with E-state index in [0.29, 0.717) is 38.5 Å². The first-order valence-electron chi connectivity index (χ1n) is 14.0. The Labute approximate surface area is 230 Å². The van der Waals surface area contributed by atoms with Gasteiger partial charge in [-0.2, -0.15) is 0 Å². The van der Waals surface area contributed by atoms with E-state index in [9.17, 15) is 9.59 Å². The molecule has 0 bridgehead atoms. The first-order chi connectivity index (χ1) is 18.8. The molecule has 0 N–H and O–H groups in total. The van der Waals surface area contributed by atoms with E-state index < -0.39 is 5.79 Å². The molecule has 6 rings (SSSR count). The molecule has 6 heteroatoms. The number of hydrogen-bond donors (Lipinski definition) is 0. The molecule has 2 aromatic rings. The van der Waals surface area contributed by atoms with Crippen LogP contribution < -0.4 is 9.47 Å². The molecule has 0 radical (unpaired) electrons. The Hall–Kier alpha value is -3.54. The zero-order valence-electron chi connectivity index (χ0n) is 23.1. The Morgan fingerprint density at radius 2 is 1.03 bits per heavy atom. The smallest absolute Gasteiger partial charge is 0.252 e. The molecule has 0 aromatic heterocycles. The molecule has 0 fully saturated rings. The van der Waals surface area contributed by atoms with Crippen molar-refractivity contribution in [3.05, 3.63) is 82.3 Å². The third-order valence-electron chi connectivity index (χ3n) is 8.72. The van der Waals surface area contributed by atoms with E-state index in [0.717, 1.165) is 45.3 Å². The zero-order chi connectivity index (χ0) is 27.3. The quantitative estimate of drug-likeness (QED) is 0.445. The number of methoxy groups -OCH3 is 2. The van der Waals surface area contributed by atoms with Gasteiger partial charge in [0.25, 0.3) is 5.79 Å². The summed E-state index contributed by atoms with van der Waals surface area (Å²) in [6, 6.07) is 15.9. The lowest BCUT2D eigenvalue weighted by atomic mass is 9.70. The molecular weight excluding hydrogens is 492 g/mol. The predicted octanol–water partition coefficient (Wildman–Crippen LogP) is 6.61. The van der Waals surface area contributed by atoms with Crippen LogP contribution in [0.25, 0.3) is 0 Å². The lowest BCUT2D eigenvalue weighted by molar-refractivity contribution is -0.225. The minimum absolute atomic E-state index is 0.156. The molecule has 4 unspecified atom stereocenters. The average Bonchev–Trinajstić information content (AvgIpc) is 2.91. The fourth-order valence-corrected chi connectivity index (χ4v) is 6.92. The molecule has 0 amide bonds. The van der Waals surface area contributed by atoms with Crippen molar-refractivity contribution in [3.63, 3.8) is 0 Å². The predicted molar refractivity (Wildman–Crippen MR) is 146 cm³/mol. The third kappa shape index (κ3) is 4.64. The maximum Gasteiger partial charge on any atom is 0.252 e. The Kier molecular flexibility index (Phi) is 6.52. The summed E-state index contributed by atoms with van der Waals surface area (Å²) >= 11 is 0. The van der Waals surface area contributed by atoms with Crippen molar-refractivity contribution in [1.82, 2.24) is 0 Å². The Morgan fingerprint density at radius 1 is 0.641 bits per heavy atom. The Bertz CT molecular complexity index is 1240. The fraction of sp³-hybridized carbons (Fsp3) is 0.455. The van der Waals surface area contributed by atoms with Gasteiger partial charge >= 0.3 is 0 Å². The molecular formula is C33H36O6. The van der Waals surface area contributed by atoms with Gasteiger partial charge in [0.2, 0.25) is 0 Å². The molecule has 2 heterocycles. The Balaban J connectivity index is 1.46. The van der Waals surface area contributed by atoms with E-state index in [-0.39, 0.29) is 35.2 Å². The van der Waals surface area contributed by atoms with Gasteiger partial charge in [-0.3, -0.25) is 9.59 Å². The van der Waals surface area contributed by atoms with E-state index in [2.05, 4.69) is 13.8 Å². The van der Waals surface area contributed by atoms with Gasteiger partial charge in [0, 0.05) is 61.5 Å². The standard InChI is InChI=1S/C33H36O6/c1-19-13-27(34)31-25(21-5-9-23(36-3)10-6-21)17-33(38-29(31)15-19)18-26(22-7-11-24(37-4)12-8-22)32-28(35)14-20(2)16-30(32)39-33/h5-12,19-20,25-26H,13-18H2,1-4H3. The van der Waals surface area contributed by atoms with Gasteiger partial charge in [-0.25, -0.2) is 0 Å². The van der Waals surface area contributed by atoms with Crippen LogP contribution in [0, 0.1) is 11.8 Å². The van der Waals surface area contributed by atoms with Gasteiger partial charge in [0.1, 0.15) is 23.0 Å². The van der Waals surface area contributed by atoms with Crippen molar-refractivity contribution in [3.8, 4) is 11.5 Å². The molecule has 4 aliphatic rings. The molecule has 204 valence electrons. The van der Waals surface area contributed by atoms with E-state index in [1.54, 1.807) is 14.2 Å². The minimum Gasteiger partial charge on any atom is -0.497 e. The van der Waals surface area contributed by atoms with Crippen molar-refractivity contribution in [2.75, 3.05) is 14.2 Å². The van der Waals surface area contributed by atoms with Crippen LogP contribution in [0.2, 0.25) is 0 Å². The summed E-state index contributed by atoms with van der Waals surface area (Å²) in [6.07, 6.45) is 3.46. The van der Waals surface area contributed by atoms with Crippen LogP contribution in [-0.2, 0) is 19.1 Å². The van der Waals surface area contributed by atoms with Crippen molar-refractivity contribution in [2.24, 2.45) is 11.8 Å². The highest BCUT2D eigenvalue weighted by Gasteiger charge is 2.53. The second-order valence-electron chi connectivity index (χ2n) is 11.7. The molecule has 4 atom stereocenters. The Morgan fingerprint density at radius 3 is 1.38 bits per heavy atom. The maximum absolute atomic E-state index is 13.4. The number of ether oxygens (including phenoxy) is 4. The zero-order valence-corrected chi connectivity index (χ0v) is 23.1. The van der Waals surface area contributed by atoms with E-state index in [4.69, 9.17) is 18.9 Å². The number of hydrogen-bond acceptors (Lipinski definition) is 6. The average molecular weight is 529 g/mol. The largest absolute Gasteiger partial charge is 0.497 e. The number of allylic oxidation sites excluding steroid dienone is 4. The molecule has 0 saturated carbocycles. The second-order valence-corrected chi connectivity index (χ2v) is 11.7. The summed E-state index contributed by atoms with van der Waals surface area (Å²) in [4.78, 5) is 26.8. The van der Waals surface area contributed by atoms with Crippen LogP contribution in [-0.4, -0.2) is 31.6 Å². The fourth-order valence-electron chi connectivity index (χ4n) is 6.92. The maximum atomic E-state index is 13.4. The molecule has 2 aliphatic heterocycles. The number of carbonyl (C=O) groups excluding carboxylic acids is 2. The van der Waals surface area contributed by atoms with Gasteiger partial charge in [0.15, 0.2) is 11.6 Å². The second kappa shape index (κ2) is 9.89. The molecule has 2 aliphatic carbocycles. The van der Waals surface area contributed by atoms with Gasteiger partial charge in [-0.15, -0.1) is 0 Å². The minimum atomic E-state index is -0.971. The first kappa shape index (κ1) is 25.7. The summed E-state index contributed by atoms with van der Waals surface area (Å²) in [5.74, 6) is 2.48. The van der Waals surface area contributed by atoms with Crippen molar-refractivity contribution < 1.29 is 28.5 Å². The summed E-state index contributed by atoms with van der Waals surface area (Å²) in [7, 11) is 3.30. The van der Waals surface area contributed by atoms with Crippen LogP contribution in [0.1, 0.15) is 75.3 Å². The first-order valence-corrected chi connectivity index (χ1v) is 14.0. The highest BCUT2D eigenvalue weighted by molar-refractivity contribution is 5.99. The van der Waals surface area contributed by atoms with Crippen LogP contribution in [0.15, 0.2) is 71.2 Å². The molecule has 39 heavy (non-hydrogen) atoms.